The number of aromatic nitrogens is 3. The Labute approximate surface area is 213 Å². The van der Waals surface area contributed by atoms with E-state index in [2.05, 4.69) is 19.6 Å². The maximum atomic E-state index is 12.8. The van der Waals surface area contributed by atoms with E-state index in [9.17, 15) is 18.0 Å². The van der Waals surface area contributed by atoms with Crippen LogP contribution in [0.25, 0.3) is 16.7 Å². The van der Waals surface area contributed by atoms with Gasteiger partial charge in [-0.25, -0.2) is 14.8 Å². The maximum absolute atomic E-state index is 12.8. The van der Waals surface area contributed by atoms with Crippen LogP contribution < -0.4 is 9.64 Å². The van der Waals surface area contributed by atoms with E-state index >= 15 is 0 Å². The van der Waals surface area contributed by atoms with Crippen LogP contribution in [-0.2, 0) is 4.74 Å². The van der Waals surface area contributed by atoms with Crippen molar-refractivity contribution in [2.45, 2.75) is 64.5 Å². The highest BCUT2D eigenvalue weighted by atomic mass is 19.4. The lowest BCUT2D eigenvalue weighted by atomic mass is 10.1. The summed E-state index contributed by atoms with van der Waals surface area (Å²) in [6.07, 6.45) is 0.392. The predicted octanol–water partition coefficient (Wildman–Crippen LogP) is 5.64. The van der Waals surface area contributed by atoms with Gasteiger partial charge < -0.3 is 23.8 Å². The third kappa shape index (κ3) is 5.45. The summed E-state index contributed by atoms with van der Waals surface area (Å²) in [5.74, 6) is 0.826. The van der Waals surface area contributed by atoms with Crippen molar-refractivity contribution in [3.63, 3.8) is 0 Å². The van der Waals surface area contributed by atoms with Gasteiger partial charge in [0.15, 0.2) is 0 Å². The Bertz CT molecular complexity index is 1310. The predicted molar refractivity (Wildman–Crippen MR) is 132 cm³/mol. The highest BCUT2D eigenvalue weighted by molar-refractivity contribution is 5.93. The quantitative estimate of drug-likeness (QED) is 0.446. The molecule has 3 heterocycles. The van der Waals surface area contributed by atoms with Gasteiger partial charge in [-0.15, -0.1) is 13.2 Å². The fraction of sp³-hybridized carbons (Fsp3) is 0.500. The molecule has 37 heavy (non-hydrogen) atoms. The number of piperazine rings is 1. The Balaban J connectivity index is 1.49. The fourth-order valence-corrected chi connectivity index (χ4v) is 4.79. The maximum Gasteiger partial charge on any atom is 0.573 e. The van der Waals surface area contributed by atoms with Gasteiger partial charge in [0.2, 0.25) is 0 Å². The number of carbonyl (C=O) groups excluding carboxylic acids is 1. The van der Waals surface area contributed by atoms with E-state index in [1.54, 1.807) is 15.5 Å². The number of hydrogen-bond donors (Lipinski definition) is 0. The largest absolute Gasteiger partial charge is 0.573 e. The zero-order valence-electron chi connectivity index (χ0n) is 21.2. The molecule has 0 N–H and O–H groups in total. The van der Waals surface area contributed by atoms with Crippen LogP contribution in [0, 0.1) is 0 Å². The first kappa shape index (κ1) is 25.2. The zero-order chi connectivity index (χ0) is 26.5. The number of amides is 1. The molecule has 1 aliphatic carbocycles. The van der Waals surface area contributed by atoms with Crippen LogP contribution in [0.4, 0.5) is 23.8 Å². The van der Waals surface area contributed by atoms with E-state index in [-0.39, 0.29) is 17.9 Å². The third-order valence-electron chi connectivity index (χ3n) is 6.49. The topological polar surface area (TPSA) is 72.7 Å². The SMILES string of the molecule is C[C@@H]1CN(C(=O)OC(C)(C)C)CCN1c1ncnc2c1c(C1CC1)cn2-c1cccc(OC(F)(F)F)c1. The summed E-state index contributed by atoms with van der Waals surface area (Å²) in [5, 5.41) is 0.893. The number of anilines is 1. The first-order chi connectivity index (χ1) is 17.4. The van der Waals surface area contributed by atoms with Crippen molar-refractivity contribution in [2.24, 2.45) is 0 Å². The zero-order valence-corrected chi connectivity index (χ0v) is 21.2. The lowest BCUT2D eigenvalue weighted by Gasteiger charge is -2.41. The number of carbonyl (C=O) groups is 1. The van der Waals surface area contributed by atoms with Gasteiger partial charge in [0, 0.05) is 37.9 Å². The molecule has 2 fully saturated rings. The highest BCUT2D eigenvalue weighted by Gasteiger charge is 2.35. The summed E-state index contributed by atoms with van der Waals surface area (Å²) >= 11 is 0. The highest BCUT2D eigenvalue weighted by Crippen LogP contribution is 2.46. The number of ether oxygens (including phenoxy) is 2. The molecule has 1 saturated carbocycles. The molecule has 0 radical (unpaired) electrons. The minimum atomic E-state index is -4.77. The molecule has 1 atom stereocenters. The fourth-order valence-electron chi connectivity index (χ4n) is 4.79. The van der Waals surface area contributed by atoms with E-state index in [1.807, 2.05) is 33.9 Å². The second-order valence-electron chi connectivity index (χ2n) is 10.6. The molecule has 1 saturated heterocycles. The van der Waals surface area contributed by atoms with Crippen molar-refractivity contribution in [2.75, 3.05) is 24.5 Å². The molecular weight excluding hydrogens is 487 g/mol. The van der Waals surface area contributed by atoms with Crippen molar-refractivity contribution in [1.82, 2.24) is 19.4 Å². The number of hydrogen-bond acceptors (Lipinski definition) is 6. The summed E-state index contributed by atoms with van der Waals surface area (Å²) < 4.78 is 49.9. The Morgan fingerprint density at radius 3 is 2.51 bits per heavy atom. The number of alkyl halides is 3. The minimum absolute atomic E-state index is 0.0294. The van der Waals surface area contributed by atoms with Crippen molar-refractivity contribution in [3.8, 4) is 11.4 Å². The minimum Gasteiger partial charge on any atom is -0.444 e. The van der Waals surface area contributed by atoms with E-state index in [1.165, 1.54) is 24.5 Å². The second-order valence-corrected chi connectivity index (χ2v) is 10.6. The van der Waals surface area contributed by atoms with E-state index in [4.69, 9.17) is 4.74 Å². The van der Waals surface area contributed by atoms with Crippen molar-refractivity contribution in [3.05, 3.63) is 42.4 Å². The summed E-state index contributed by atoms with van der Waals surface area (Å²) in [6.45, 7) is 9.11. The summed E-state index contributed by atoms with van der Waals surface area (Å²) in [5.41, 5.74) is 1.65. The molecule has 2 aromatic heterocycles. The molecule has 198 valence electrons. The molecule has 1 aromatic carbocycles. The van der Waals surface area contributed by atoms with Crippen LogP contribution in [0.15, 0.2) is 36.8 Å². The van der Waals surface area contributed by atoms with Crippen LogP contribution in [0.1, 0.15) is 52.0 Å². The summed E-state index contributed by atoms with van der Waals surface area (Å²) in [4.78, 5) is 25.7. The van der Waals surface area contributed by atoms with Crippen LogP contribution in [-0.4, -0.2) is 63.2 Å². The lowest BCUT2D eigenvalue weighted by molar-refractivity contribution is -0.274. The van der Waals surface area contributed by atoms with Gasteiger partial charge in [0.25, 0.3) is 0 Å². The lowest BCUT2D eigenvalue weighted by Crippen LogP contribution is -2.54. The molecule has 2 aliphatic rings. The first-order valence-electron chi connectivity index (χ1n) is 12.4. The van der Waals surface area contributed by atoms with Gasteiger partial charge in [-0.1, -0.05) is 6.07 Å². The van der Waals surface area contributed by atoms with Crippen LogP contribution in [0.2, 0.25) is 0 Å². The number of benzene rings is 1. The number of fused-ring (bicyclic) bond motifs is 1. The molecule has 3 aromatic rings. The van der Waals surface area contributed by atoms with Gasteiger partial charge in [0.05, 0.1) is 11.1 Å². The van der Waals surface area contributed by atoms with Crippen molar-refractivity contribution < 1.29 is 27.4 Å². The molecule has 1 amide bonds. The normalized spacial score (nSPS) is 18.8. The Hall–Kier alpha value is -3.50. The van der Waals surface area contributed by atoms with E-state index < -0.39 is 12.0 Å². The van der Waals surface area contributed by atoms with Gasteiger partial charge in [-0.3, -0.25) is 0 Å². The first-order valence-corrected chi connectivity index (χ1v) is 12.4. The Kier molecular flexibility index (Phi) is 6.19. The van der Waals surface area contributed by atoms with Crippen LogP contribution >= 0.6 is 0 Å². The second kappa shape index (κ2) is 9.11. The molecule has 5 rings (SSSR count). The standard InChI is InChI=1S/C26H30F3N5O3/c1-16-13-32(24(35)37-25(2,3)4)10-11-33(16)22-21-20(17-8-9-17)14-34(23(21)31-15-30-22)18-6-5-7-19(12-18)36-26(27,28)29/h5-7,12,14-17H,8-11,13H2,1-4H3/t16-/m1/s1. The van der Waals surface area contributed by atoms with Crippen LogP contribution in [0.3, 0.4) is 0 Å². The average Bonchev–Trinajstić information content (AvgIpc) is 3.56. The van der Waals surface area contributed by atoms with E-state index in [0.29, 0.717) is 36.9 Å². The van der Waals surface area contributed by atoms with Crippen molar-refractivity contribution >= 4 is 22.9 Å². The number of halogens is 3. The van der Waals surface area contributed by atoms with Crippen molar-refractivity contribution in [1.29, 1.82) is 0 Å². The third-order valence-corrected chi connectivity index (χ3v) is 6.49. The Morgan fingerprint density at radius 2 is 1.86 bits per heavy atom. The Morgan fingerprint density at radius 1 is 1.11 bits per heavy atom. The molecule has 11 heteroatoms. The summed E-state index contributed by atoms with van der Waals surface area (Å²) in [6, 6.07) is 5.85. The average molecular weight is 518 g/mol. The molecule has 0 unspecified atom stereocenters. The van der Waals surface area contributed by atoms with Gasteiger partial charge in [-0.2, -0.15) is 0 Å². The summed E-state index contributed by atoms with van der Waals surface area (Å²) in [7, 11) is 0. The molecule has 1 aliphatic heterocycles. The van der Waals surface area contributed by atoms with Gasteiger partial charge in [0.1, 0.15) is 29.1 Å². The van der Waals surface area contributed by atoms with E-state index in [0.717, 1.165) is 29.6 Å². The molecule has 8 nitrogen and oxygen atoms in total. The molecular formula is C26H30F3N5O3. The van der Waals surface area contributed by atoms with Gasteiger partial charge in [-0.05, 0) is 64.2 Å². The molecule has 0 bridgehead atoms. The number of rotatable bonds is 4. The van der Waals surface area contributed by atoms with Crippen LogP contribution in [0.5, 0.6) is 5.75 Å². The smallest absolute Gasteiger partial charge is 0.444 e. The monoisotopic (exact) mass is 517 g/mol. The van der Waals surface area contributed by atoms with Gasteiger partial charge >= 0.3 is 12.5 Å². The molecule has 0 spiro atoms. The number of nitrogens with zero attached hydrogens (tertiary/aromatic N) is 5.